The van der Waals surface area contributed by atoms with Crippen LogP contribution in [-0.4, -0.2) is 19.2 Å². The van der Waals surface area contributed by atoms with Crippen molar-refractivity contribution in [3.63, 3.8) is 0 Å². The summed E-state index contributed by atoms with van der Waals surface area (Å²) < 4.78 is 11.6. The molecule has 1 aromatic carbocycles. The van der Waals surface area contributed by atoms with Crippen LogP contribution in [0.5, 0.6) is 11.5 Å². The van der Waals surface area contributed by atoms with E-state index in [4.69, 9.17) is 9.47 Å². The number of aromatic nitrogens is 1. The summed E-state index contributed by atoms with van der Waals surface area (Å²) in [6.07, 6.45) is 0. The number of methoxy groups -OCH3 is 2. The van der Waals surface area contributed by atoms with Crippen molar-refractivity contribution in [2.75, 3.05) is 14.2 Å². The minimum absolute atomic E-state index is 0.218. The first-order chi connectivity index (χ1) is 10.0. The fourth-order valence-corrected chi connectivity index (χ4v) is 3.48. The largest absolute Gasteiger partial charge is 0.493 e. The van der Waals surface area contributed by atoms with Crippen molar-refractivity contribution in [2.24, 2.45) is 0 Å². The molecule has 1 N–H and O–H groups in total. The van der Waals surface area contributed by atoms with Crippen molar-refractivity contribution >= 4 is 27.3 Å². The minimum atomic E-state index is 0.218. The van der Waals surface area contributed by atoms with E-state index in [0.717, 1.165) is 33.0 Å². The van der Waals surface area contributed by atoms with E-state index >= 15 is 0 Å². The predicted octanol–water partition coefficient (Wildman–Crippen LogP) is 4.08. The van der Waals surface area contributed by atoms with Gasteiger partial charge in [-0.3, -0.25) is 0 Å². The second-order valence-electron chi connectivity index (χ2n) is 4.74. The Morgan fingerprint density at radius 1 is 1.33 bits per heavy atom. The molecule has 1 unspecified atom stereocenters. The first-order valence-electron chi connectivity index (χ1n) is 6.61. The highest BCUT2D eigenvalue weighted by atomic mass is 79.9. The normalized spacial score (nSPS) is 12.2. The van der Waals surface area contributed by atoms with Crippen LogP contribution in [0.15, 0.2) is 22.0 Å². The molecule has 4 nitrogen and oxygen atoms in total. The molecule has 2 rings (SSSR count). The molecule has 0 fully saturated rings. The lowest BCUT2D eigenvalue weighted by Crippen LogP contribution is -2.18. The number of nitrogens with zero attached hydrogens (tertiary/aromatic N) is 1. The summed E-state index contributed by atoms with van der Waals surface area (Å²) in [4.78, 5) is 4.50. The molecule has 1 heterocycles. The fourth-order valence-electron chi connectivity index (χ4n) is 2.00. The van der Waals surface area contributed by atoms with Gasteiger partial charge in [0.2, 0.25) is 0 Å². The lowest BCUT2D eigenvalue weighted by Gasteiger charge is -2.14. The molecule has 0 aliphatic rings. The van der Waals surface area contributed by atoms with Crippen molar-refractivity contribution in [3.05, 3.63) is 38.3 Å². The third-order valence-corrected chi connectivity index (χ3v) is 4.85. The van der Waals surface area contributed by atoms with Gasteiger partial charge in [0.25, 0.3) is 0 Å². The summed E-state index contributed by atoms with van der Waals surface area (Å²) in [5, 5.41) is 6.65. The van der Waals surface area contributed by atoms with Gasteiger partial charge in [-0.1, -0.05) is 0 Å². The first-order valence-corrected chi connectivity index (χ1v) is 8.28. The Morgan fingerprint density at radius 2 is 2.10 bits per heavy atom. The van der Waals surface area contributed by atoms with Crippen LogP contribution in [0, 0.1) is 6.92 Å². The molecule has 1 atom stereocenters. The summed E-state index contributed by atoms with van der Waals surface area (Å²) in [6.45, 7) is 4.87. The van der Waals surface area contributed by atoms with Gasteiger partial charge in [0.05, 0.1) is 24.7 Å². The van der Waals surface area contributed by atoms with Crippen LogP contribution >= 0.6 is 27.3 Å². The van der Waals surface area contributed by atoms with E-state index in [9.17, 15) is 0 Å². The van der Waals surface area contributed by atoms with Crippen molar-refractivity contribution in [3.8, 4) is 11.5 Å². The summed E-state index contributed by atoms with van der Waals surface area (Å²) in [5.41, 5.74) is 2.19. The van der Waals surface area contributed by atoms with Crippen LogP contribution in [0.25, 0.3) is 0 Å². The minimum Gasteiger partial charge on any atom is -0.493 e. The zero-order valence-corrected chi connectivity index (χ0v) is 15.0. The quantitative estimate of drug-likeness (QED) is 0.831. The number of halogens is 1. The zero-order chi connectivity index (χ0) is 15.4. The Balaban J connectivity index is 2.08. The molecule has 0 saturated heterocycles. The van der Waals surface area contributed by atoms with E-state index in [1.165, 1.54) is 0 Å². The van der Waals surface area contributed by atoms with Crippen LogP contribution in [0.1, 0.15) is 29.2 Å². The van der Waals surface area contributed by atoms with E-state index in [1.807, 2.05) is 19.1 Å². The van der Waals surface area contributed by atoms with Gasteiger partial charge in [0.1, 0.15) is 5.01 Å². The molecule has 114 valence electrons. The van der Waals surface area contributed by atoms with Gasteiger partial charge in [-0.05, 0) is 47.5 Å². The van der Waals surface area contributed by atoms with Crippen LogP contribution in [-0.2, 0) is 6.54 Å². The van der Waals surface area contributed by atoms with Crippen molar-refractivity contribution in [1.29, 1.82) is 0 Å². The van der Waals surface area contributed by atoms with Crippen LogP contribution in [0.3, 0.4) is 0 Å². The average Bonchev–Trinajstić information content (AvgIpc) is 2.90. The van der Waals surface area contributed by atoms with E-state index < -0.39 is 0 Å². The molecular weight excluding hydrogens is 352 g/mol. The topological polar surface area (TPSA) is 43.4 Å². The van der Waals surface area contributed by atoms with Crippen molar-refractivity contribution < 1.29 is 9.47 Å². The maximum atomic E-state index is 5.36. The zero-order valence-electron chi connectivity index (χ0n) is 12.6. The van der Waals surface area contributed by atoms with Crippen molar-refractivity contribution in [2.45, 2.75) is 26.4 Å². The lowest BCUT2D eigenvalue weighted by molar-refractivity contribution is 0.352. The molecule has 0 aliphatic carbocycles. The van der Waals surface area contributed by atoms with Gasteiger partial charge in [-0.25, -0.2) is 4.98 Å². The van der Waals surface area contributed by atoms with Gasteiger partial charge in [-0.15, -0.1) is 11.3 Å². The fraction of sp³-hybridized carbons (Fsp3) is 0.400. The first kappa shape index (κ1) is 16.3. The van der Waals surface area contributed by atoms with Crippen molar-refractivity contribution in [1.82, 2.24) is 10.3 Å². The Bertz CT molecular complexity index is 616. The molecule has 1 aromatic heterocycles. The number of rotatable bonds is 6. The predicted molar refractivity (Wildman–Crippen MR) is 89.4 cm³/mol. The van der Waals surface area contributed by atoms with E-state index in [1.54, 1.807) is 25.6 Å². The SMILES string of the molecule is COc1cc(CNC(C)c2nc(C)cs2)cc(Br)c1OC. The number of nitrogens with one attached hydrogen (secondary N) is 1. The third kappa shape index (κ3) is 3.96. The number of hydrogen-bond donors (Lipinski definition) is 1. The number of benzene rings is 1. The monoisotopic (exact) mass is 370 g/mol. The number of hydrogen-bond acceptors (Lipinski definition) is 5. The molecule has 2 aromatic rings. The molecule has 6 heteroatoms. The number of ether oxygens (including phenoxy) is 2. The second kappa shape index (κ2) is 7.24. The van der Waals surface area contributed by atoms with Gasteiger partial charge in [0.15, 0.2) is 11.5 Å². The van der Waals surface area contributed by atoms with E-state index in [2.05, 4.69) is 38.5 Å². The third-order valence-electron chi connectivity index (χ3n) is 3.11. The smallest absolute Gasteiger partial charge is 0.174 e. The van der Waals surface area contributed by atoms with E-state index in [0.29, 0.717) is 5.75 Å². The van der Waals surface area contributed by atoms with Crippen LogP contribution < -0.4 is 14.8 Å². The highest BCUT2D eigenvalue weighted by Gasteiger charge is 2.12. The maximum absolute atomic E-state index is 5.36. The molecule has 21 heavy (non-hydrogen) atoms. The van der Waals surface area contributed by atoms with Gasteiger partial charge >= 0.3 is 0 Å². The molecule has 0 radical (unpaired) electrons. The van der Waals surface area contributed by atoms with Crippen LogP contribution in [0.4, 0.5) is 0 Å². The van der Waals surface area contributed by atoms with E-state index in [-0.39, 0.29) is 6.04 Å². The molecule has 0 bridgehead atoms. The Hall–Kier alpha value is -1.11. The molecule has 0 amide bonds. The summed E-state index contributed by atoms with van der Waals surface area (Å²) in [6, 6.07) is 4.24. The van der Waals surface area contributed by atoms with Gasteiger partial charge < -0.3 is 14.8 Å². The van der Waals surface area contributed by atoms with Crippen LogP contribution in [0.2, 0.25) is 0 Å². The summed E-state index contributed by atoms with van der Waals surface area (Å²) >= 11 is 5.19. The van der Waals surface area contributed by atoms with Gasteiger partial charge in [-0.2, -0.15) is 0 Å². The molecular formula is C15H19BrN2O2S. The second-order valence-corrected chi connectivity index (χ2v) is 6.49. The molecule has 0 spiro atoms. The standard InChI is InChI=1S/C15H19BrN2O2S/c1-9-8-21-15(18-9)10(2)17-7-11-5-12(16)14(20-4)13(6-11)19-3/h5-6,8,10,17H,7H2,1-4H3. The molecule has 0 saturated carbocycles. The number of thiazole rings is 1. The number of aryl methyl sites for hydroxylation is 1. The maximum Gasteiger partial charge on any atom is 0.174 e. The summed E-state index contributed by atoms with van der Waals surface area (Å²) in [5.74, 6) is 1.44. The highest BCUT2D eigenvalue weighted by Crippen LogP contribution is 2.36. The van der Waals surface area contributed by atoms with Gasteiger partial charge in [0, 0.05) is 17.6 Å². The Kier molecular flexibility index (Phi) is 5.61. The lowest BCUT2D eigenvalue weighted by atomic mass is 10.2. The highest BCUT2D eigenvalue weighted by molar-refractivity contribution is 9.10. The Labute approximate surface area is 137 Å². The molecule has 0 aliphatic heterocycles. The Morgan fingerprint density at radius 3 is 2.67 bits per heavy atom. The average molecular weight is 371 g/mol. The summed E-state index contributed by atoms with van der Waals surface area (Å²) in [7, 11) is 3.27.